The number of hydrogen-bond donors (Lipinski definition) is 2. The number of nitriles is 1. The molecule has 2 aliphatic rings. The second-order valence-electron chi connectivity index (χ2n) is 6.16. The van der Waals surface area contributed by atoms with E-state index in [9.17, 15) is 8.78 Å². The number of nitrogens with two attached hydrogens (primary N) is 1. The van der Waals surface area contributed by atoms with Gasteiger partial charge in [0, 0.05) is 17.7 Å². The van der Waals surface area contributed by atoms with Crippen LogP contribution in [0, 0.1) is 34.8 Å². The maximum atomic E-state index is 13.5. The smallest absolute Gasteiger partial charge is 0.169 e. The van der Waals surface area contributed by atoms with Crippen LogP contribution in [0.5, 0.6) is 5.75 Å². The van der Waals surface area contributed by atoms with Crippen molar-refractivity contribution >= 4 is 23.1 Å². The molecule has 0 spiro atoms. The molecule has 1 fully saturated rings. The average Bonchev–Trinajstić information content (AvgIpc) is 3.29. The van der Waals surface area contributed by atoms with Gasteiger partial charge in [-0.15, -0.1) is 0 Å². The molecule has 1 aliphatic heterocycles. The van der Waals surface area contributed by atoms with Crippen LogP contribution in [0.3, 0.4) is 0 Å². The molecule has 0 saturated heterocycles. The Morgan fingerprint density at radius 2 is 2.08 bits per heavy atom. The van der Waals surface area contributed by atoms with E-state index in [-0.39, 0.29) is 22.6 Å². The predicted octanol–water partition coefficient (Wildman–Crippen LogP) is 3.32. The summed E-state index contributed by atoms with van der Waals surface area (Å²) in [7, 11) is 0. The molecule has 134 valence electrons. The maximum Gasteiger partial charge on any atom is 0.169 e. The topological polar surface area (TPSA) is 84.0 Å². The Hall–Kier alpha value is -2.79. The van der Waals surface area contributed by atoms with Crippen LogP contribution >= 0.6 is 12.2 Å². The van der Waals surface area contributed by atoms with E-state index in [0.717, 1.165) is 6.07 Å². The first kappa shape index (κ1) is 18.0. The van der Waals surface area contributed by atoms with Gasteiger partial charge in [-0.3, -0.25) is 0 Å². The third-order valence-corrected chi connectivity index (χ3v) is 4.66. The molecule has 0 bridgehead atoms. The summed E-state index contributed by atoms with van der Waals surface area (Å²) in [6.07, 6.45) is 1.45. The van der Waals surface area contributed by atoms with Crippen LogP contribution in [0.25, 0.3) is 0 Å². The lowest BCUT2D eigenvalue weighted by Gasteiger charge is -2.17. The van der Waals surface area contributed by atoms with Crippen molar-refractivity contribution in [1.82, 2.24) is 4.98 Å². The first-order valence-corrected chi connectivity index (χ1v) is 8.36. The van der Waals surface area contributed by atoms with Crippen molar-refractivity contribution in [2.45, 2.75) is 12.8 Å². The van der Waals surface area contributed by atoms with Crippen LogP contribution in [-0.2, 0) is 0 Å². The van der Waals surface area contributed by atoms with E-state index in [1.54, 1.807) is 12.1 Å². The molecule has 26 heavy (non-hydrogen) atoms. The highest BCUT2D eigenvalue weighted by Crippen LogP contribution is 2.59. The molecule has 2 aromatic rings. The summed E-state index contributed by atoms with van der Waals surface area (Å²) in [6, 6.07) is 7.53. The fourth-order valence-corrected chi connectivity index (χ4v) is 3.23. The molecular formula is C18H16F2N4OS. The van der Waals surface area contributed by atoms with E-state index in [1.165, 1.54) is 12.3 Å². The van der Waals surface area contributed by atoms with Gasteiger partial charge in [0.05, 0.1) is 12.2 Å². The predicted molar refractivity (Wildman–Crippen MR) is 96.6 cm³/mol. The van der Waals surface area contributed by atoms with Crippen LogP contribution in [0.1, 0.15) is 24.0 Å². The summed E-state index contributed by atoms with van der Waals surface area (Å²) in [5, 5.41) is 11.3. The quantitative estimate of drug-likeness (QED) is 0.745. The normalized spacial score (nSPS) is 21.7. The molecule has 0 unspecified atom stereocenters. The highest BCUT2D eigenvalue weighted by molar-refractivity contribution is 7.80. The Kier molecular flexibility index (Phi) is 5.00. The maximum absolute atomic E-state index is 13.5. The lowest BCUT2D eigenvalue weighted by Crippen LogP contribution is -2.19. The molecule has 8 heteroatoms. The van der Waals surface area contributed by atoms with E-state index in [4.69, 9.17) is 15.7 Å². The zero-order valence-corrected chi connectivity index (χ0v) is 14.7. The number of nitrogens with one attached hydrogen (secondary N) is 1. The Labute approximate surface area is 154 Å². The monoisotopic (exact) mass is 374 g/mol. The van der Waals surface area contributed by atoms with Gasteiger partial charge in [0.15, 0.2) is 16.7 Å². The fraction of sp³-hybridized carbons (Fsp3) is 0.278. The number of hydrogen-bond acceptors (Lipinski definition) is 4. The minimum absolute atomic E-state index is 0.135. The number of aromatic nitrogens is 1. The van der Waals surface area contributed by atoms with Gasteiger partial charge in [0.25, 0.3) is 0 Å². The molecule has 3 N–H and O–H groups in total. The number of fused-ring (bicyclic) bond motifs is 3. The third kappa shape index (κ3) is 3.58. The molecule has 5 nitrogen and oxygen atoms in total. The fourth-order valence-electron chi connectivity index (χ4n) is 3.12. The van der Waals surface area contributed by atoms with E-state index >= 15 is 0 Å². The average molecular weight is 374 g/mol. The zero-order valence-electron chi connectivity index (χ0n) is 13.9. The van der Waals surface area contributed by atoms with Crippen LogP contribution in [0.2, 0.25) is 0 Å². The van der Waals surface area contributed by atoms with E-state index in [1.807, 2.05) is 6.07 Å². The SMILES string of the molecule is C[C@@H]1[C@@H]2COc3c(F)ccc(F)c3[C@H]12.N#Cc1ccc(NC(N)=S)nc1. The largest absolute Gasteiger partial charge is 0.490 e. The number of anilines is 1. The van der Waals surface area contributed by atoms with Crippen LogP contribution < -0.4 is 15.8 Å². The van der Waals surface area contributed by atoms with Crippen molar-refractivity contribution in [3.05, 3.63) is 53.2 Å². The summed E-state index contributed by atoms with van der Waals surface area (Å²) in [5.74, 6) is 0.886. The number of nitrogens with zero attached hydrogens (tertiary/aromatic N) is 2. The first-order valence-electron chi connectivity index (χ1n) is 7.95. The molecule has 1 aromatic heterocycles. The summed E-state index contributed by atoms with van der Waals surface area (Å²) < 4.78 is 32.0. The van der Waals surface area contributed by atoms with Gasteiger partial charge in [-0.05, 0) is 48.3 Å². The molecule has 1 aliphatic carbocycles. The Balaban J connectivity index is 0.000000153. The minimum Gasteiger partial charge on any atom is -0.490 e. The van der Waals surface area contributed by atoms with Crippen LogP contribution in [0.4, 0.5) is 14.6 Å². The van der Waals surface area contributed by atoms with Crippen LogP contribution in [-0.4, -0.2) is 16.7 Å². The second-order valence-corrected chi connectivity index (χ2v) is 6.60. The minimum atomic E-state index is -0.445. The van der Waals surface area contributed by atoms with Crippen molar-refractivity contribution in [1.29, 1.82) is 5.26 Å². The van der Waals surface area contributed by atoms with E-state index in [0.29, 0.717) is 35.4 Å². The highest BCUT2D eigenvalue weighted by atomic mass is 32.1. The van der Waals surface area contributed by atoms with Crippen molar-refractivity contribution in [3.63, 3.8) is 0 Å². The molecule has 1 aromatic carbocycles. The number of rotatable bonds is 1. The summed E-state index contributed by atoms with van der Waals surface area (Å²) >= 11 is 4.60. The zero-order chi connectivity index (χ0) is 18.8. The Morgan fingerprint density at radius 1 is 1.35 bits per heavy atom. The highest BCUT2D eigenvalue weighted by Gasteiger charge is 2.53. The van der Waals surface area contributed by atoms with Gasteiger partial charge in [-0.2, -0.15) is 5.26 Å². The molecule has 4 rings (SSSR count). The van der Waals surface area contributed by atoms with Crippen molar-refractivity contribution < 1.29 is 13.5 Å². The molecule has 3 atom stereocenters. The van der Waals surface area contributed by atoms with Gasteiger partial charge in [0.2, 0.25) is 0 Å². The number of halogens is 2. The number of pyridine rings is 1. The van der Waals surface area contributed by atoms with Gasteiger partial charge < -0.3 is 15.8 Å². The van der Waals surface area contributed by atoms with Crippen molar-refractivity contribution in [3.8, 4) is 11.8 Å². The van der Waals surface area contributed by atoms with Gasteiger partial charge in [0.1, 0.15) is 17.7 Å². The summed E-state index contributed by atoms with van der Waals surface area (Å²) in [6.45, 7) is 2.58. The Morgan fingerprint density at radius 3 is 2.69 bits per heavy atom. The number of ether oxygens (including phenoxy) is 1. The molecular weight excluding hydrogens is 358 g/mol. The lowest BCUT2D eigenvalue weighted by atomic mass is 10.0. The summed E-state index contributed by atoms with van der Waals surface area (Å²) in [4.78, 5) is 3.89. The third-order valence-electron chi connectivity index (χ3n) is 4.55. The standard InChI is InChI=1S/C11H10F2O.C7H6N4S/c1-5-6-4-14-11-8(13)3-2-7(12)10(11)9(5)6;8-3-5-1-2-6(10-4-5)11-7(9)12/h2-3,5-6,9H,4H2,1H3;1-2,4H,(H3,9,10,11,12)/t5-,6+,9-;/m1./s1. The molecule has 2 heterocycles. The van der Waals surface area contributed by atoms with Crippen LogP contribution in [0.15, 0.2) is 30.5 Å². The van der Waals surface area contributed by atoms with E-state index < -0.39 is 5.82 Å². The van der Waals surface area contributed by atoms with Crippen molar-refractivity contribution in [2.24, 2.45) is 17.6 Å². The summed E-state index contributed by atoms with van der Waals surface area (Å²) in [5.41, 5.74) is 6.17. The molecule has 0 radical (unpaired) electrons. The Bertz CT molecular complexity index is 882. The number of thiocarbonyl (C=S) groups is 1. The van der Waals surface area contributed by atoms with E-state index in [2.05, 4.69) is 29.4 Å². The van der Waals surface area contributed by atoms with Gasteiger partial charge in [-0.25, -0.2) is 13.8 Å². The number of benzene rings is 1. The molecule has 0 amide bonds. The van der Waals surface area contributed by atoms with Crippen molar-refractivity contribution in [2.75, 3.05) is 11.9 Å². The second kappa shape index (κ2) is 7.22. The van der Waals surface area contributed by atoms with Gasteiger partial charge >= 0.3 is 0 Å². The first-order chi connectivity index (χ1) is 12.4. The lowest BCUT2D eigenvalue weighted by molar-refractivity contribution is 0.258. The molecule has 1 saturated carbocycles. The van der Waals surface area contributed by atoms with Gasteiger partial charge in [-0.1, -0.05) is 6.92 Å².